The summed E-state index contributed by atoms with van der Waals surface area (Å²) >= 11 is 0. The summed E-state index contributed by atoms with van der Waals surface area (Å²) in [6, 6.07) is 12.2. The Labute approximate surface area is 228 Å². The molecular formula is C27H28F3N7O3. The molecule has 2 fully saturated rings. The van der Waals surface area contributed by atoms with Gasteiger partial charge in [-0.3, -0.25) is 9.59 Å². The fraction of sp³-hybridized carbons (Fsp3) is 0.370. The lowest BCUT2D eigenvalue weighted by Crippen LogP contribution is -2.49. The van der Waals surface area contributed by atoms with E-state index >= 15 is 0 Å². The number of ether oxygens (including phenoxy) is 1. The Morgan fingerprint density at radius 3 is 2.35 bits per heavy atom. The predicted octanol–water partition coefficient (Wildman–Crippen LogP) is 2.57. The number of nitriles is 1. The van der Waals surface area contributed by atoms with E-state index < -0.39 is 23.4 Å². The second-order valence-electron chi connectivity index (χ2n) is 9.50. The van der Waals surface area contributed by atoms with Crippen LogP contribution in [-0.4, -0.2) is 84.9 Å². The molecule has 0 radical (unpaired) electrons. The Hall–Kier alpha value is -4.60. The highest BCUT2D eigenvalue weighted by Gasteiger charge is 2.42. The minimum Gasteiger partial charge on any atom is -0.493 e. The molecule has 3 N–H and O–H groups in total. The fourth-order valence-electron chi connectivity index (χ4n) is 4.79. The SMILES string of the molecule is N#Cc1ccc(N2CCN(C(=O)c3ccc(OCC4CCN(/C(C=N)=C(/C(N)=O)C(F)(F)F)C4)cc3)CC2)nc1. The molecule has 1 unspecified atom stereocenters. The van der Waals surface area contributed by atoms with Gasteiger partial charge in [0.05, 0.1) is 17.9 Å². The number of hydrogen-bond donors (Lipinski definition) is 2. The number of primary amides is 1. The smallest absolute Gasteiger partial charge is 0.423 e. The molecule has 40 heavy (non-hydrogen) atoms. The van der Waals surface area contributed by atoms with Crippen molar-refractivity contribution in [3.63, 3.8) is 0 Å². The van der Waals surface area contributed by atoms with Crippen molar-refractivity contribution in [2.45, 2.75) is 12.6 Å². The molecule has 0 aliphatic carbocycles. The van der Waals surface area contributed by atoms with E-state index in [-0.39, 0.29) is 31.5 Å². The molecule has 2 aliphatic heterocycles. The van der Waals surface area contributed by atoms with Crippen LogP contribution in [-0.2, 0) is 4.79 Å². The first-order valence-corrected chi connectivity index (χ1v) is 12.6. The zero-order valence-electron chi connectivity index (χ0n) is 21.5. The van der Waals surface area contributed by atoms with Gasteiger partial charge in [0.2, 0.25) is 0 Å². The second kappa shape index (κ2) is 12.1. The van der Waals surface area contributed by atoms with Crippen LogP contribution in [0.5, 0.6) is 5.75 Å². The Balaban J connectivity index is 1.28. The van der Waals surface area contributed by atoms with Crippen molar-refractivity contribution >= 4 is 23.8 Å². The average molecular weight is 556 g/mol. The van der Waals surface area contributed by atoms with Gasteiger partial charge in [0.25, 0.3) is 11.8 Å². The number of carbonyl (C=O) groups excluding carboxylic acids is 2. The van der Waals surface area contributed by atoms with Crippen LogP contribution in [0.2, 0.25) is 0 Å². The van der Waals surface area contributed by atoms with Crippen LogP contribution in [0.4, 0.5) is 19.0 Å². The van der Waals surface area contributed by atoms with Crippen LogP contribution in [0.25, 0.3) is 0 Å². The van der Waals surface area contributed by atoms with Crippen molar-refractivity contribution in [3.05, 3.63) is 65.0 Å². The van der Waals surface area contributed by atoms with Gasteiger partial charge in [0.1, 0.15) is 23.2 Å². The summed E-state index contributed by atoms with van der Waals surface area (Å²) in [5.41, 5.74) is 3.87. The summed E-state index contributed by atoms with van der Waals surface area (Å²) < 4.78 is 45.7. The normalized spacial score (nSPS) is 18.1. The number of anilines is 1. The minimum atomic E-state index is -4.96. The number of nitrogens with one attached hydrogen (secondary N) is 1. The maximum absolute atomic E-state index is 13.3. The summed E-state index contributed by atoms with van der Waals surface area (Å²) in [5.74, 6) is -0.572. The first-order valence-electron chi connectivity index (χ1n) is 12.6. The first kappa shape index (κ1) is 28.4. The van der Waals surface area contributed by atoms with E-state index in [2.05, 4.69) is 9.88 Å². The monoisotopic (exact) mass is 555 g/mol. The van der Waals surface area contributed by atoms with Crippen molar-refractivity contribution in [2.24, 2.45) is 11.7 Å². The molecule has 0 spiro atoms. The van der Waals surface area contributed by atoms with Crippen molar-refractivity contribution in [2.75, 3.05) is 50.8 Å². The summed E-state index contributed by atoms with van der Waals surface area (Å²) in [4.78, 5) is 33.9. The lowest BCUT2D eigenvalue weighted by molar-refractivity contribution is -0.128. The van der Waals surface area contributed by atoms with Crippen LogP contribution >= 0.6 is 0 Å². The Morgan fingerprint density at radius 1 is 1.10 bits per heavy atom. The number of rotatable bonds is 8. The van der Waals surface area contributed by atoms with Gasteiger partial charge in [-0.15, -0.1) is 0 Å². The quantitative estimate of drug-likeness (QED) is 0.377. The molecule has 210 valence electrons. The van der Waals surface area contributed by atoms with Gasteiger partial charge < -0.3 is 30.6 Å². The maximum Gasteiger partial charge on any atom is 0.423 e. The lowest BCUT2D eigenvalue weighted by atomic mass is 10.1. The molecule has 10 nitrogen and oxygen atoms in total. The van der Waals surface area contributed by atoms with E-state index in [0.29, 0.717) is 55.7 Å². The number of halogens is 3. The number of allylic oxidation sites excluding steroid dienone is 1. The van der Waals surface area contributed by atoms with E-state index in [1.54, 1.807) is 41.3 Å². The molecule has 1 atom stereocenters. The van der Waals surface area contributed by atoms with Crippen LogP contribution < -0.4 is 15.4 Å². The molecular weight excluding hydrogens is 527 g/mol. The number of amides is 2. The number of aromatic nitrogens is 1. The number of nitrogens with two attached hydrogens (primary N) is 1. The molecule has 2 aliphatic rings. The highest BCUT2D eigenvalue weighted by atomic mass is 19.4. The average Bonchev–Trinajstić information content (AvgIpc) is 3.42. The number of carbonyl (C=O) groups is 2. The van der Waals surface area contributed by atoms with Gasteiger partial charge in [-0.25, -0.2) is 4.98 Å². The highest BCUT2D eigenvalue weighted by molar-refractivity contribution is 5.99. The summed E-state index contributed by atoms with van der Waals surface area (Å²) in [6.07, 6.45) is -2.40. The maximum atomic E-state index is 13.3. The van der Waals surface area contributed by atoms with E-state index in [4.69, 9.17) is 21.1 Å². The third kappa shape index (κ3) is 6.51. The van der Waals surface area contributed by atoms with Crippen molar-refractivity contribution < 1.29 is 27.5 Å². The zero-order valence-corrected chi connectivity index (χ0v) is 21.5. The number of alkyl halides is 3. The Kier molecular flexibility index (Phi) is 8.57. The molecule has 2 aromatic rings. The van der Waals surface area contributed by atoms with Crippen LogP contribution in [0.15, 0.2) is 53.9 Å². The third-order valence-corrected chi connectivity index (χ3v) is 6.90. The molecule has 1 aromatic carbocycles. The molecule has 1 aromatic heterocycles. The molecule has 2 amide bonds. The van der Waals surface area contributed by atoms with Gasteiger partial charge in [0, 0.05) is 63.2 Å². The van der Waals surface area contributed by atoms with Crippen LogP contribution in [0, 0.1) is 22.7 Å². The Bertz CT molecular complexity index is 1310. The number of piperazine rings is 1. The molecule has 0 saturated carbocycles. The number of hydrogen-bond acceptors (Lipinski definition) is 8. The largest absolute Gasteiger partial charge is 0.493 e. The van der Waals surface area contributed by atoms with Gasteiger partial charge >= 0.3 is 6.18 Å². The molecule has 13 heteroatoms. The summed E-state index contributed by atoms with van der Waals surface area (Å²) in [6.45, 7) is 2.90. The predicted molar refractivity (Wildman–Crippen MR) is 140 cm³/mol. The van der Waals surface area contributed by atoms with E-state index in [0.717, 1.165) is 5.82 Å². The number of likely N-dealkylation sites (tertiary alicyclic amines) is 1. The van der Waals surface area contributed by atoms with Gasteiger partial charge in [-0.2, -0.15) is 18.4 Å². The summed E-state index contributed by atoms with van der Waals surface area (Å²) in [7, 11) is 0. The molecule has 3 heterocycles. The second-order valence-corrected chi connectivity index (χ2v) is 9.50. The highest BCUT2D eigenvalue weighted by Crippen LogP contribution is 2.31. The summed E-state index contributed by atoms with van der Waals surface area (Å²) in [5, 5.41) is 16.3. The van der Waals surface area contributed by atoms with Crippen LogP contribution in [0.1, 0.15) is 22.3 Å². The first-order chi connectivity index (χ1) is 19.1. The zero-order chi connectivity index (χ0) is 28.9. The molecule has 0 bridgehead atoms. The van der Waals surface area contributed by atoms with Gasteiger partial charge in [0.15, 0.2) is 0 Å². The van der Waals surface area contributed by atoms with E-state index in [1.807, 2.05) is 6.07 Å². The van der Waals surface area contributed by atoms with Crippen molar-refractivity contribution in [1.29, 1.82) is 10.7 Å². The molecule has 2 saturated heterocycles. The number of benzene rings is 1. The number of pyridine rings is 1. The third-order valence-electron chi connectivity index (χ3n) is 6.90. The lowest BCUT2D eigenvalue weighted by Gasteiger charge is -2.35. The standard InChI is InChI=1S/C27H28F3N7O3/c28-27(29,30)24(25(33)38)22(14-32)37-8-7-19(16-37)17-40-21-4-2-20(3-5-21)26(39)36-11-9-35(10-12-36)23-6-1-18(13-31)15-34-23/h1-6,14-15,19,32H,7-12,16-17H2,(H2,33,38)/b24-22-,32-14?. The fourth-order valence-corrected chi connectivity index (χ4v) is 4.79. The van der Waals surface area contributed by atoms with Crippen molar-refractivity contribution in [1.82, 2.24) is 14.8 Å². The topological polar surface area (TPSA) is 140 Å². The minimum absolute atomic E-state index is 0.105. The van der Waals surface area contributed by atoms with Crippen molar-refractivity contribution in [3.8, 4) is 11.8 Å². The van der Waals surface area contributed by atoms with E-state index in [9.17, 15) is 22.8 Å². The van der Waals surface area contributed by atoms with E-state index in [1.165, 1.54) is 11.1 Å². The number of nitrogens with zero attached hydrogens (tertiary/aromatic N) is 5. The van der Waals surface area contributed by atoms with Gasteiger partial charge in [-0.1, -0.05) is 0 Å². The molecule has 4 rings (SSSR count). The van der Waals surface area contributed by atoms with Gasteiger partial charge in [-0.05, 0) is 42.8 Å². The van der Waals surface area contributed by atoms with Crippen LogP contribution in [0.3, 0.4) is 0 Å². The Morgan fingerprint density at radius 2 is 1.80 bits per heavy atom.